The molecule has 5 heteroatoms. The van der Waals surface area contributed by atoms with Crippen molar-refractivity contribution in [1.82, 2.24) is 9.80 Å². The largest absolute Gasteiger partial charge is 0.380 e. The molecule has 1 aliphatic carbocycles. The Bertz CT molecular complexity index is 340. The summed E-state index contributed by atoms with van der Waals surface area (Å²) in [6, 6.07) is 0.848. The first-order valence-electron chi connectivity index (χ1n) is 9.90. The minimum Gasteiger partial charge on any atom is -0.380 e. The van der Waals surface area contributed by atoms with Crippen LogP contribution in [0.15, 0.2) is 0 Å². The molecule has 0 radical (unpaired) electrons. The van der Waals surface area contributed by atoms with E-state index in [-0.39, 0.29) is 5.41 Å². The van der Waals surface area contributed by atoms with Crippen LogP contribution in [0, 0.1) is 5.41 Å². The third-order valence-electron chi connectivity index (χ3n) is 4.78. The van der Waals surface area contributed by atoms with Crippen LogP contribution in [0.1, 0.15) is 47.0 Å². The van der Waals surface area contributed by atoms with Crippen molar-refractivity contribution < 1.29 is 14.2 Å². The zero-order valence-electron chi connectivity index (χ0n) is 17.7. The minimum absolute atomic E-state index is 0.258. The van der Waals surface area contributed by atoms with Crippen LogP contribution >= 0.6 is 0 Å². The van der Waals surface area contributed by atoms with Gasteiger partial charge in [0.2, 0.25) is 0 Å². The molecular formula is C20H42N2O3. The monoisotopic (exact) mass is 358 g/mol. The molecule has 0 bridgehead atoms. The molecule has 0 spiro atoms. The van der Waals surface area contributed by atoms with Crippen LogP contribution in [-0.4, -0.2) is 88.7 Å². The first-order valence-corrected chi connectivity index (χ1v) is 9.90. The Morgan fingerprint density at radius 2 is 1.60 bits per heavy atom. The van der Waals surface area contributed by atoms with Crippen LogP contribution in [0.25, 0.3) is 0 Å². The maximum atomic E-state index is 5.64. The number of ether oxygens (including phenoxy) is 3. The topological polar surface area (TPSA) is 34.2 Å². The summed E-state index contributed by atoms with van der Waals surface area (Å²) < 4.78 is 16.4. The predicted octanol–water partition coefficient (Wildman–Crippen LogP) is 2.89. The average Bonchev–Trinajstić information content (AvgIpc) is 2.39. The number of hydrogen-bond donors (Lipinski definition) is 0. The van der Waals surface area contributed by atoms with Gasteiger partial charge in [-0.25, -0.2) is 0 Å². The van der Waals surface area contributed by atoms with Crippen LogP contribution in [0.4, 0.5) is 0 Å². The molecule has 150 valence electrons. The predicted molar refractivity (Wildman–Crippen MR) is 104 cm³/mol. The van der Waals surface area contributed by atoms with Crippen molar-refractivity contribution in [1.29, 1.82) is 0 Å². The minimum atomic E-state index is 0.258. The summed E-state index contributed by atoms with van der Waals surface area (Å²) in [7, 11) is 6.39. The van der Waals surface area contributed by atoms with Crippen molar-refractivity contribution in [2.24, 2.45) is 5.41 Å². The van der Waals surface area contributed by atoms with E-state index >= 15 is 0 Å². The molecule has 25 heavy (non-hydrogen) atoms. The van der Waals surface area contributed by atoms with Gasteiger partial charge in [0.1, 0.15) is 0 Å². The molecule has 0 unspecified atom stereocenters. The third-order valence-corrected chi connectivity index (χ3v) is 4.78. The maximum Gasteiger partial charge on any atom is 0.0596 e. The molecule has 0 atom stereocenters. The molecule has 0 N–H and O–H groups in total. The molecule has 0 aromatic heterocycles. The lowest BCUT2D eigenvalue weighted by atomic mass is 9.86. The van der Waals surface area contributed by atoms with Gasteiger partial charge in [-0.05, 0) is 61.7 Å². The van der Waals surface area contributed by atoms with Gasteiger partial charge in [0.25, 0.3) is 0 Å². The van der Waals surface area contributed by atoms with Crippen LogP contribution in [0.3, 0.4) is 0 Å². The van der Waals surface area contributed by atoms with Crippen molar-refractivity contribution in [3.05, 3.63) is 0 Å². The lowest BCUT2D eigenvalue weighted by molar-refractivity contribution is -0.162. The Morgan fingerprint density at radius 3 is 1.96 bits per heavy atom. The molecule has 0 aromatic carbocycles. The van der Waals surface area contributed by atoms with Crippen LogP contribution in [0.2, 0.25) is 0 Å². The third kappa shape index (κ3) is 9.34. The van der Waals surface area contributed by atoms with E-state index in [9.17, 15) is 0 Å². The number of hydrogen-bond acceptors (Lipinski definition) is 5. The maximum absolute atomic E-state index is 5.64. The van der Waals surface area contributed by atoms with Gasteiger partial charge in [-0.3, -0.25) is 0 Å². The second-order valence-electron chi connectivity index (χ2n) is 8.58. The molecule has 1 saturated carbocycles. The highest BCUT2D eigenvalue weighted by Gasteiger charge is 2.39. The quantitative estimate of drug-likeness (QED) is 0.600. The Labute approximate surface area is 156 Å². The van der Waals surface area contributed by atoms with E-state index in [2.05, 4.69) is 58.6 Å². The number of likely N-dealkylation sites (N-methyl/N-ethyl adjacent to an activating group) is 1. The van der Waals surface area contributed by atoms with Gasteiger partial charge in [-0.2, -0.15) is 0 Å². The van der Waals surface area contributed by atoms with Gasteiger partial charge in [0.05, 0.1) is 44.1 Å². The molecule has 0 aromatic rings. The Balaban J connectivity index is 0.000000251. The van der Waals surface area contributed by atoms with Gasteiger partial charge < -0.3 is 24.0 Å². The van der Waals surface area contributed by atoms with E-state index in [1.807, 2.05) is 0 Å². The van der Waals surface area contributed by atoms with E-state index in [1.165, 1.54) is 19.3 Å². The standard InChI is InChI=1S/C10H21NO2.C10H21NO/c1-9(2)13-8-10(5-11(3)4)6-12-7-10;1-9(2)12-8-7-11(3)10-5-4-6-10/h9H,5-8H2,1-4H3;9-10H,4-8H2,1-3H3. The zero-order valence-corrected chi connectivity index (χ0v) is 17.7. The van der Waals surface area contributed by atoms with E-state index in [0.29, 0.717) is 12.2 Å². The first-order chi connectivity index (χ1) is 11.7. The lowest BCUT2D eigenvalue weighted by Gasteiger charge is -2.43. The molecular weight excluding hydrogens is 316 g/mol. The molecule has 1 aliphatic heterocycles. The van der Waals surface area contributed by atoms with Crippen LogP contribution in [0.5, 0.6) is 0 Å². The number of nitrogens with zero attached hydrogens (tertiary/aromatic N) is 2. The highest BCUT2D eigenvalue weighted by molar-refractivity contribution is 4.87. The van der Waals surface area contributed by atoms with E-state index in [0.717, 1.165) is 45.6 Å². The number of rotatable bonds is 10. The fraction of sp³-hybridized carbons (Fsp3) is 1.00. The summed E-state index contributed by atoms with van der Waals surface area (Å²) in [6.07, 6.45) is 4.88. The van der Waals surface area contributed by atoms with Crippen LogP contribution in [-0.2, 0) is 14.2 Å². The van der Waals surface area contributed by atoms with Gasteiger partial charge in [0, 0.05) is 19.1 Å². The summed E-state index contributed by atoms with van der Waals surface area (Å²) in [4.78, 5) is 4.62. The molecule has 1 saturated heterocycles. The van der Waals surface area contributed by atoms with E-state index < -0.39 is 0 Å². The molecule has 2 rings (SSSR count). The van der Waals surface area contributed by atoms with Gasteiger partial charge in [-0.15, -0.1) is 0 Å². The summed E-state index contributed by atoms with van der Waals surface area (Å²) in [5.41, 5.74) is 0.258. The van der Waals surface area contributed by atoms with Crippen molar-refractivity contribution in [2.75, 3.05) is 60.7 Å². The summed E-state index contributed by atoms with van der Waals surface area (Å²) in [5.74, 6) is 0. The van der Waals surface area contributed by atoms with Gasteiger partial charge in [-0.1, -0.05) is 6.42 Å². The van der Waals surface area contributed by atoms with Crippen LogP contribution < -0.4 is 0 Å². The fourth-order valence-corrected chi connectivity index (χ4v) is 3.07. The molecule has 5 nitrogen and oxygen atoms in total. The van der Waals surface area contributed by atoms with E-state index in [4.69, 9.17) is 14.2 Å². The van der Waals surface area contributed by atoms with Crippen molar-refractivity contribution >= 4 is 0 Å². The summed E-state index contributed by atoms with van der Waals surface area (Å²) in [5, 5.41) is 0. The molecule has 2 aliphatic rings. The average molecular weight is 359 g/mol. The second-order valence-corrected chi connectivity index (χ2v) is 8.58. The molecule has 1 heterocycles. The molecule has 2 fully saturated rings. The van der Waals surface area contributed by atoms with Crippen molar-refractivity contribution in [2.45, 2.75) is 65.2 Å². The Hall–Kier alpha value is -0.200. The highest BCUT2D eigenvalue weighted by Crippen LogP contribution is 2.28. The second kappa shape index (κ2) is 11.5. The van der Waals surface area contributed by atoms with Crippen molar-refractivity contribution in [3.63, 3.8) is 0 Å². The van der Waals surface area contributed by atoms with Gasteiger partial charge in [0.15, 0.2) is 0 Å². The Kier molecular flexibility index (Phi) is 10.5. The van der Waals surface area contributed by atoms with Crippen molar-refractivity contribution in [3.8, 4) is 0 Å². The Morgan fingerprint density at radius 1 is 1.00 bits per heavy atom. The smallest absolute Gasteiger partial charge is 0.0596 e. The first kappa shape index (κ1) is 22.8. The highest BCUT2D eigenvalue weighted by atomic mass is 16.5. The van der Waals surface area contributed by atoms with Gasteiger partial charge >= 0.3 is 0 Å². The zero-order chi connectivity index (χ0) is 18.9. The lowest BCUT2D eigenvalue weighted by Crippen LogP contribution is -2.52. The molecule has 0 amide bonds. The summed E-state index contributed by atoms with van der Waals surface area (Å²) >= 11 is 0. The SMILES string of the molecule is CC(C)OCC1(CN(C)C)COC1.CC(C)OCCN(C)C1CCC1. The fourth-order valence-electron chi connectivity index (χ4n) is 3.07. The normalized spacial score (nSPS) is 19.8. The summed E-state index contributed by atoms with van der Waals surface area (Å²) in [6.45, 7) is 13.9. The van der Waals surface area contributed by atoms with E-state index in [1.54, 1.807) is 0 Å².